The average Bonchev–Trinajstić information content (AvgIpc) is 3.30. The fourth-order valence-corrected chi connectivity index (χ4v) is 5.30. The number of hydrogen-bond donors (Lipinski definition) is 2. The quantitative estimate of drug-likeness (QED) is 0.744. The van der Waals surface area contributed by atoms with Crippen molar-refractivity contribution in [3.63, 3.8) is 0 Å². The predicted octanol–water partition coefficient (Wildman–Crippen LogP) is 3.85. The summed E-state index contributed by atoms with van der Waals surface area (Å²) in [5.74, 6) is -2.60. The highest BCUT2D eigenvalue weighted by Crippen LogP contribution is 2.45. The van der Waals surface area contributed by atoms with Crippen molar-refractivity contribution in [1.82, 2.24) is 4.90 Å². The van der Waals surface area contributed by atoms with E-state index in [1.807, 2.05) is 12.1 Å². The second-order valence-electron chi connectivity index (χ2n) is 5.95. The Morgan fingerprint density at radius 1 is 1.30 bits per heavy atom. The summed E-state index contributed by atoms with van der Waals surface area (Å²) in [5, 5.41) is 22.5. The minimum Gasteiger partial charge on any atom is -0.478 e. The number of carboxylic acids is 2. The SMILES string of the molecule is C=CC1=C(/C(=C/C(=O)O)C(=O)O)N2CC(c3csc4ccccc34)N=C2S1. The highest BCUT2D eigenvalue weighted by Gasteiger charge is 2.39. The maximum Gasteiger partial charge on any atom is 0.338 e. The molecule has 0 saturated heterocycles. The topological polar surface area (TPSA) is 90.2 Å². The van der Waals surface area contributed by atoms with E-state index in [4.69, 9.17) is 10.1 Å². The van der Waals surface area contributed by atoms with Crippen LogP contribution in [0.4, 0.5) is 0 Å². The third kappa shape index (κ3) is 2.96. The molecule has 1 unspecified atom stereocenters. The highest BCUT2D eigenvalue weighted by molar-refractivity contribution is 8.17. The van der Waals surface area contributed by atoms with E-state index in [9.17, 15) is 14.7 Å². The van der Waals surface area contributed by atoms with Crippen LogP contribution in [0, 0.1) is 0 Å². The Balaban J connectivity index is 1.73. The Morgan fingerprint density at radius 3 is 2.78 bits per heavy atom. The van der Waals surface area contributed by atoms with Gasteiger partial charge in [-0.15, -0.1) is 11.3 Å². The normalized spacial score (nSPS) is 19.4. The summed E-state index contributed by atoms with van der Waals surface area (Å²) in [7, 11) is 0. The van der Waals surface area contributed by atoms with Crippen molar-refractivity contribution in [2.45, 2.75) is 6.04 Å². The smallest absolute Gasteiger partial charge is 0.338 e. The molecule has 0 aliphatic carbocycles. The highest BCUT2D eigenvalue weighted by atomic mass is 32.2. The van der Waals surface area contributed by atoms with Crippen LogP contribution in [0.5, 0.6) is 0 Å². The van der Waals surface area contributed by atoms with Gasteiger partial charge in [-0.05, 0) is 34.2 Å². The largest absolute Gasteiger partial charge is 0.478 e. The van der Waals surface area contributed by atoms with E-state index in [-0.39, 0.29) is 11.6 Å². The van der Waals surface area contributed by atoms with Crippen LogP contribution < -0.4 is 0 Å². The second kappa shape index (κ2) is 6.71. The van der Waals surface area contributed by atoms with Gasteiger partial charge in [-0.1, -0.05) is 30.9 Å². The van der Waals surface area contributed by atoms with E-state index in [1.165, 1.54) is 22.5 Å². The maximum atomic E-state index is 11.7. The third-order valence-corrected chi connectivity index (χ3v) is 6.44. The molecule has 0 spiro atoms. The molecule has 2 aliphatic rings. The molecule has 3 heterocycles. The van der Waals surface area contributed by atoms with E-state index < -0.39 is 11.9 Å². The van der Waals surface area contributed by atoms with Crippen LogP contribution in [0.15, 0.2) is 69.5 Å². The number of rotatable bonds is 5. The van der Waals surface area contributed by atoms with Crippen LogP contribution in [0.3, 0.4) is 0 Å². The van der Waals surface area contributed by atoms with Crippen molar-refractivity contribution in [2.75, 3.05) is 6.54 Å². The van der Waals surface area contributed by atoms with Crippen LogP contribution in [0.25, 0.3) is 10.1 Å². The first-order chi connectivity index (χ1) is 13.0. The number of thioether (sulfide) groups is 1. The zero-order valence-corrected chi connectivity index (χ0v) is 15.6. The molecule has 2 N–H and O–H groups in total. The van der Waals surface area contributed by atoms with Crippen molar-refractivity contribution in [2.24, 2.45) is 4.99 Å². The van der Waals surface area contributed by atoms with Gasteiger partial charge in [0.15, 0.2) is 5.17 Å². The molecule has 0 amide bonds. The molecule has 0 fully saturated rings. The number of hydrogen-bond acceptors (Lipinski definition) is 6. The molecule has 2 aromatic rings. The number of aliphatic imine (C=N–C) groups is 1. The number of aliphatic carboxylic acids is 2. The predicted molar refractivity (Wildman–Crippen MR) is 107 cm³/mol. The lowest BCUT2D eigenvalue weighted by atomic mass is 10.1. The van der Waals surface area contributed by atoms with E-state index in [1.54, 1.807) is 16.2 Å². The second-order valence-corrected chi connectivity index (χ2v) is 7.87. The van der Waals surface area contributed by atoms with E-state index in [0.29, 0.717) is 22.3 Å². The zero-order valence-electron chi connectivity index (χ0n) is 14.0. The number of allylic oxidation sites excluding steroid dienone is 1. The summed E-state index contributed by atoms with van der Waals surface area (Å²) in [5.41, 5.74) is 1.16. The first kappa shape index (κ1) is 17.6. The van der Waals surface area contributed by atoms with Crippen LogP contribution in [0.2, 0.25) is 0 Å². The summed E-state index contributed by atoms with van der Waals surface area (Å²) >= 11 is 2.96. The minimum absolute atomic E-state index is 0.134. The number of amidine groups is 1. The lowest BCUT2D eigenvalue weighted by Crippen LogP contribution is -2.25. The molecule has 27 heavy (non-hydrogen) atoms. The van der Waals surface area contributed by atoms with Gasteiger partial charge in [-0.25, -0.2) is 9.59 Å². The molecule has 0 radical (unpaired) electrons. The van der Waals surface area contributed by atoms with Gasteiger partial charge < -0.3 is 15.1 Å². The molecule has 136 valence electrons. The Bertz CT molecular complexity index is 1080. The standard InChI is InChI=1S/C19H14N2O4S2/c1-2-14-17(11(18(24)25)7-16(22)23)21-8-13(20-19(21)27-14)12-9-26-15-6-4-3-5-10(12)15/h2-7,9,13H,1,8H2,(H,22,23)(H,24,25)/b11-7-. The fourth-order valence-electron chi connectivity index (χ4n) is 3.24. The number of nitrogens with zero attached hydrogens (tertiary/aromatic N) is 2. The molecule has 1 aromatic carbocycles. The van der Waals surface area contributed by atoms with E-state index in [0.717, 1.165) is 17.0 Å². The van der Waals surface area contributed by atoms with Gasteiger partial charge in [-0.3, -0.25) is 4.99 Å². The van der Waals surface area contributed by atoms with Gasteiger partial charge in [0.05, 0.1) is 23.9 Å². The van der Waals surface area contributed by atoms with E-state index >= 15 is 0 Å². The lowest BCUT2D eigenvalue weighted by Gasteiger charge is -2.19. The van der Waals surface area contributed by atoms with Crippen LogP contribution in [-0.4, -0.2) is 38.8 Å². The summed E-state index contributed by atoms with van der Waals surface area (Å²) in [4.78, 5) is 29.9. The molecule has 0 saturated carbocycles. The summed E-state index contributed by atoms with van der Waals surface area (Å²) in [6, 6.07) is 7.95. The zero-order chi connectivity index (χ0) is 19.1. The number of fused-ring (bicyclic) bond motifs is 2. The molecular formula is C19H14N2O4S2. The van der Waals surface area contributed by atoms with Gasteiger partial charge >= 0.3 is 11.9 Å². The Morgan fingerprint density at radius 2 is 2.07 bits per heavy atom. The fraction of sp³-hybridized carbons (Fsp3) is 0.105. The number of carboxylic acid groups (broad SMARTS) is 2. The van der Waals surface area contributed by atoms with Crippen LogP contribution >= 0.6 is 23.1 Å². The van der Waals surface area contributed by atoms with Crippen molar-refractivity contribution in [3.05, 3.63) is 70.1 Å². The number of benzene rings is 1. The maximum absolute atomic E-state index is 11.7. The average molecular weight is 398 g/mol. The number of thiophene rings is 1. The molecule has 6 nitrogen and oxygen atoms in total. The first-order valence-electron chi connectivity index (χ1n) is 8.04. The molecule has 1 aromatic heterocycles. The lowest BCUT2D eigenvalue weighted by molar-refractivity contribution is -0.135. The molecule has 8 heteroatoms. The first-order valence-corrected chi connectivity index (χ1v) is 9.73. The summed E-state index contributed by atoms with van der Waals surface area (Å²) in [6.45, 7) is 4.18. The molecule has 1 atom stereocenters. The van der Waals surface area contributed by atoms with Gasteiger partial charge in [-0.2, -0.15) is 0 Å². The Labute approximate surface area is 162 Å². The van der Waals surface area contributed by atoms with Gasteiger partial charge in [0.2, 0.25) is 0 Å². The van der Waals surface area contributed by atoms with Crippen LogP contribution in [0.1, 0.15) is 11.6 Å². The van der Waals surface area contributed by atoms with Crippen molar-refractivity contribution < 1.29 is 19.8 Å². The molecular weight excluding hydrogens is 384 g/mol. The Kier molecular flexibility index (Phi) is 4.37. The summed E-state index contributed by atoms with van der Waals surface area (Å²) < 4.78 is 1.17. The molecule has 4 rings (SSSR count). The van der Waals surface area contributed by atoms with Gasteiger partial charge in [0.25, 0.3) is 0 Å². The Hall–Kier alpha value is -2.84. The van der Waals surface area contributed by atoms with Crippen molar-refractivity contribution in [3.8, 4) is 0 Å². The summed E-state index contributed by atoms with van der Waals surface area (Å²) in [6.07, 6.45) is 2.26. The minimum atomic E-state index is -1.31. The molecule has 2 aliphatic heterocycles. The van der Waals surface area contributed by atoms with Gasteiger partial charge in [0, 0.05) is 15.7 Å². The van der Waals surface area contributed by atoms with E-state index in [2.05, 4.69) is 24.1 Å². The van der Waals surface area contributed by atoms with Gasteiger partial charge in [0.1, 0.15) is 0 Å². The monoisotopic (exact) mass is 398 g/mol. The van der Waals surface area contributed by atoms with Crippen molar-refractivity contribution >= 4 is 50.3 Å². The molecule has 0 bridgehead atoms. The number of carbonyl (C=O) groups is 2. The van der Waals surface area contributed by atoms with Crippen LogP contribution in [-0.2, 0) is 9.59 Å². The van der Waals surface area contributed by atoms with Crippen molar-refractivity contribution in [1.29, 1.82) is 0 Å². The third-order valence-electron chi connectivity index (χ3n) is 4.37.